The molecule has 2 aromatic rings. The molecule has 0 bridgehead atoms. The topological polar surface area (TPSA) is 114 Å². The summed E-state index contributed by atoms with van der Waals surface area (Å²) in [6.07, 6.45) is 2.63. The van der Waals surface area contributed by atoms with E-state index in [0.29, 0.717) is 31.5 Å². The first kappa shape index (κ1) is 24.9. The van der Waals surface area contributed by atoms with Crippen molar-refractivity contribution in [2.24, 2.45) is 5.92 Å². The third-order valence-corrected chi connectivity index (χ3v) is 6.70. The van der Waals surface area contributed by atoms with Gasteiger partial charge in [0.25, 0.3) is 5.91 Å². The predicted molar refractivity (Wildman–Crippen MR) is 129 cm³/mol. The Hall–Kier alpha value is -3.20. The van der Waals surface area contributed by atoms with Crippen molar-refractivity contribution >= 4 is 17.8 Å². The van der Waals surface area contributed by atoms with Crippen LogP contribution in [0.4, 0.5) is 0 Å². The van der Waals surface area contributed by atoms with Gasteiger partial charge in [-0.25, -0.2) is 0 Å². The average molecular weight is 483 g/mol. The Kier molecular flexibility index (Phi) is 7.25. The summed E-state index contributed by atoms with van der Waals surface area (Å²) < 4.78 is 10.3. The fourth-order valence-electron chi connectivity index (χ4n) is 5.20. The molecule has 2 N–H and O–H groups in total. The number of carbonyl (C=O) groups excluding carboxylic acids is 3. The van der Waals surface area contributed by atoms with Crippen LogP contribution < -0.4 is 10.6 Å². The maximum Gasteiger partial charge on any atom is 0.310 e. The summed E-state index contributed by atoms with van der Waals surface area (Å²) in [5.41, 5.74) is 1.32. The van der Waals surface area contributed by atoms with E-state index in [1.807, 2.05) is 30.3 Å². The molecule has 1 saturated carbocycles. The van der Waals surface area contributed by atoms with Crippen LogP contribution in [0.1, 0.15) is 57.0 Å². The number of hydrogen-bond donors (Lipinski definition) is 2. The van der Waals surface area contributed by atoms with Crippen LogP contribution in [-0.4, -0.2) is 65.2 Å². The van der Waals surface area contributed by atoms with Gasteiger partial charge in [-0.1, -0.05) is 35.5 Å². The monoisotopic (exact) mass is 482 g/mol. The lowest BCUT2D eigenvalue weighted by atomic mass is 9.80. The molecule has 3 unspecified atom stereocenters. The van der Waals surface area contributed by atoms with Gasteiger partial charge in [0, 0.05) is 35.8 Å². The molecule has 2 heterocycles. The molecular weight excluding hydrogens is 448 g/mol. The molecule has 4 rings (SSSR count). The first-order chi connectivity index (χ1) is 16.7. The molecule has 2 amide bonds. The largest absolute Gasteiger partial charge is 0.469 e. The number of likely N-dealkylation sites (tertiary alicyclic amines) is 1. The summed E-state index contributed by atoms with van der Waals surface area (Å²) in [6, 6.07) is 10.2. The quantitative estimate of drug-likeness (QED) is 0.609. The summed E-state index contributed by atoms with van der Waals surface area (Å²) in [5, 5.41) is 10.3. The van der Waals surface area contributed by atoms with E-state index in [1.54, 1.807) is 11.0 Å². The number of rotatable bonds is 6. The maximum atomic E-state index is 13.3. The molecule has 0 radical (unpaired) electrons. The van der Waals surface area contributed by atoms with Gasteiger partial charge in [-0.05, 0) is 46.5 Å². The Morgan fingerprint density at radius 3 is 2.57 bits per heavy atom. The number of nitrogens with one attached hydrogen (secondary N) is 2. The molecule has 188 valence electrons. The third-order valence-electron chi connectivity index (χ3n) is 6.70. The molecule has 1 aromatic heterocycles. The Morgan fingerprint density at radius 2 is 1.89 bits per heavy atom. The van der Waals surface area contributed by atoms with Gasteiger partial charge in [0.2, 0.25) is 11.7 Å². The molecule has 35 heavy (non-hydrogen) atoms. The fourth-order valence-corrected chi connectivity index (χ4v) is 5.20. The number of esters is 1. The normalized spacial score (nSPS) is 24.9. The molecule has 9 nitrogen and oxygen atoms in total. The van der Waals surface area contributed by atoms with Gasteiger partial charge < -0.3 is 24.8 Å². The summed E-state index contributed by atoms with van der Waals surface area (Å²) in [5.74, 6) is -1.32. The van der Waals surface area contributed by atoms with E-state index in [-0.39, 0.29) is 35.3 Å². The number of ether oxygens (including phenoxy) is 1. The highest BCUT2D eigenvalue weighted by Gasteiger charge is 2.45. The van der Waals surface area contributed by atoms with E-state index < -0.39 is 17.9 Å². The van der Waals surface area contributed by atoms with E-state index in [0.717, 1.165) is 12.0 Å². The van der Waals surface area contributed by atoms with Gasteiger partial charge in [0.1, 0.15) is 11.7 Å². The Labute approximate surface area is 205 Å². The zero-order chi connectivity index (χ0) is 25.2. The van der Waals surface area contributed by atoms with Gasteiger partial charge in [0.05, 0.1) is 13.0 Å². The highest BCUT2D eigenvalue weighted by Crippen LogP contribution is 2.33. The van der Waals surface area contributed by atoms with Gasteiger partial charge >= 0.3 is 5.97 Å². The SMILES string of the molecule is COC(=O)C1CC(NC(C)(C)C)CCC1N1CC[C@H](NC(=O)c2cc(-c3ccccc3)no2)C1=O. The van der Waals surface area contributed by atoms with Crippen molar-refractivity contribution in [2.75, 3.05) is 13.7 Å². The molecule has 9 heteroatoms. The number of carbonyl (C=O) groups is 3. The molecule has 1 aliphatic carbocycles. The minimum atomic E-state index is -0.670. The van der Waals surface area contributed by atoms with Gasteiger partial charge in [-0.3, -0.25) is 14.4 Å². The van der Waals surface area contributed by atoms with Gasteiger partial charge in [0.15, 0.2) is 0 Å². The van der Waals surface area contributed by atoms with Crippen LogP contribution in [0, 0.1) is 5.92 Å². The standard InChI is InChI=1S/C26H34N4O5/c1-26(2,3)28-17-10-11-21(18(14-17)25(33)34-4)30-13-12-19(24(30)32)27-23(31)22-15-20(29-35-22)16-8-6-5-7-9-16/h5-9,15,17-19,21,28H,10-14H2,1-4H3,(H,27,31)/t17?,18?,19-,21?/m0/s1. The number of methoxy groups -OCH3 is 1. The maximum absolute atomic E-state index is 13.3. The van der Waals surface area contributed by atoms with Crippen molar-refractivity contribution in [2.45, 2.75) is 70.1 Å². The Bertz CT molecular complexity index is 1060. The second-order valence-corrected chi connectivity index (χ2v) is 10.4. The number of benzene rings is 1. The van der Waals surface area contributed by atoms with Crippen LogP contribution >= 0.6 is 0 Å². The summed E-state index contributed by atoms with van der Waals surface area (Å²) in [6.45, 7) is 6.77. The molecule has 2 aliphatic rings. The first-order valence-corrected chi connectivity index (χ1v) is 12.2. The molecule has 0 spiro atoms. The van der Waals surface area contributed by atoms with E-state index >= 15 is 0 Å². The van der Waals surface area contributed by atoms with E-state index in [2.05, 4.69) is 36.6 Å². The summed E-state index contributed by atoms with van der Waals surface area (Å²) in [4.78, 5) is 40.4. The second-order valence-electron chi connectivity index (χ2n) is 10.4. The minimum Gasteiger partial charge on any atom is -0.469 e. The fraction of sp³-hybridized carbons (Fsp3) is 0.538. The molecule has 1 aromatic carbocycles. The Balaban J connectivity index is 1.41. The zero-order valence-corrected chi connectivity index (χ0v) is 20.7. The number of nitrogens with zero attached hydrogens (tertiary/aromatic N) is 2. The van der Waals surface area contributed by atoms with E-state index in [4.69, 9.17) is 9.26 Å². The van der Waals surface area contributed by atoms with Crippen molar-refractivity contribution in [1.29, 1.82) is 0 Å². The zero-order valence-electron chi connectivity index (χ0n) is 20.7. The molecule has 1 aliphatic heterocycles. The van der Waals surface area contributed by atoms with Gasteiger partial charge in [-0.2, -0.15) is 0 Å². The third kappa shape index (κ3) is 5.73. The van der Waals surface area contributed by atoms with E-state index in [9.17, 15) is 14.4 Å². The summed E-state index contributed by atoms with van der Waals surface area (Å²) in [7, 11) is 1.39. The van der Waals surface area contributed by atoms with Crippen molar-refractivity contribution in [1.82, 2.24) is 20.7 Å². The molecular formula is C26H34N4O5. The van der Waals surface area contributed by atoms with Gasteiger partial charge in [-0.15, -0.1) is 0 Å². The van der Waals surface area contributed by atoms with Crippen LogP contribution in [0.25, 0.3) is 11.3 Å². The van der Waals surface area contributed by atoms with Crippen molar-refractivity contribution in [3.63, 3.8) is 0 Å². The minimum absolute atomic E-state index is 0.0521. The van der Waals surface area contributed by atoms with Crippen LogP contribution in [0.2, 0.25) is 0 Å². The highest BCUT2D eigenvalue weighted by molar-refractivity contribution is 5.97. The van der Waals surface area contributed by atoms with E-state index in [1.165, 1.54) is 7.11 Å². The number of amides is 2. The smallest absolute Gasteiger partial charge is 0.310 e. The summed E-state index contributed by atoms with van der Waals surface area (Å²) >= 11 is 0. The van der Waals surface area contributed by atoms with Crippen molar-refractivity contribution in [3.8, 4) is 11.3 Å². The number of hydrogen-bond acceptors (Lipinski definition) is 7. The number of aromatic nitrogens is 1. The van der Waals surface area contributed by atoms with Crippen molar-refractivity contribution < 1.29 is 23.6 Å². The van der Waals surface area contributed by atoms with Crippen LogP contribution in [0.15, 0.2) is 40.9 Å². The average Bonchev–Trinajstić information content (AvgIpc) is 3.46. The molecule has 1 saturated heterocycles. The van der Waals surface area contributed by atoms with Crippen LogP contribution in [0.5, 0.6) is 0 Å². The lowest BCUT2D eigenvalue weighted by Crippen LogP contribution is -2.55. The Morgan fingerprint density at radius 1 is 1.14 bits per heavy atom. The highest BCUT2D eigenvalue weighted by atomic mass is 16.5. The van der Waals surface area contributed by atoms with Crippen molar-refractivity contribution in [3.05, 3.63) is 42.2 Å². The molecule has 2 fully saturated rings. The predicted octanol–water partition coefficient (Wildman–Crippen LogP) is 2.77. The first-order valence-electron chi connectivity index (χ1n) is 12.2. The van der Waals surface area contributed by atoms with Crippen LogP contribution in [0.3, 0.4) is 0 Å². The lowest BCUT2D eigenvalue weighted by Gasteiger charge is -2.41. The molecule has 4 atom stereocenters. The van der Waals surface area contributed by atoms with Crippen LogP contribution in [-0.2, 0) is 14.3 Å². The lowest BCUT2D eigenvalue weighted by molar-refractivity contribution is -0.151. The second kappa shape index (κ2) is 10.2.